The third-order valence-electron chi connectivity index (χ3n) is 5.86. The van der Waals surface area contributed by atoms with Crippen molar-refractivity contribution in [3.8, 4) is 11.5 Å². The third kappa shape index (κ3) is 7.14. The van der Waals surface area contributed by atoms with Crippen LogP contribution in [0.25, 0.3) is 0 Å². The number of nitrogens with one attached hydrogen (secondary N) is 1. The number of likely N-dealkylation sites (tertiary alicyclic amines) is 1. The second-order valence-electron chi connectivity index (χ2n) is 8.93. The maximum atomic E-state index is 10.4. The van der Waals surface area contributed by atoms with E-state index in [9.17, 15) is 5.11 Å². The number of aliphatic hydroxyl groups excluding tert-OH is 1. The normalized spacial score (nSPS) is 20.9. The molecule has 2 heterocycles. The van der Waals surface area contributed by atoms with Crippen molar-refractivity contribution in [2.75, 3.05) is 53.1 Å². The van der Waals surface area contributed by atoms with Crippen LogP contribution in [0, 0.1) is 5.41 Å². The van der Waals surface area contributed by atoms with Crippen molar-refractivity contribution >= 4 is 0 Å². The zero-order valence-corrected chi connectivity index (χ0v) is 18.1. The first-order valence-corrected chi connectivity index (χ1v) is 11.1. The molecular weight excluding hydrogens is 368 g/mol. The van der Waals surface area contributed by atoms with Crippen LogP contribution in [0.5, 0.6) is 11.5 Å². The molecule has 3 rings (SSSR count). The van der Waals surface area contributed by atoms with Gasteiger partial charge in [-0.2, -0.15) is 0 Å². The summed E-state index contributed by atoms with van der Waals surface area (Å²) in [6, 6.07) is 5.99. The number of rotatable bonds is 10. The zero-order chi connectivity index (χ0) is 20.5. The van der Waals surface area contributed by atoms with Gasteiger partial charge in [0, 0.05) is 25.0 Å². The van der Waals surface area contributed by atoms with Gasteiger partial charge in [-0.1, -0.05) is 32.3 Å². The van der Waals surface area contributed by atoms with Crippen LogP contribution in [0.4, 0.5) is 0 Å². The molecule has 6 nitrogen and oxygen atoms in total. The summed E-state index contributed by atoms with van der Waals surface area (Å²) in [6.07, 6.45) is 5.90. The molecule has 0 spiro atoms. The summed E-state index contributed by atoms with van der Waals surface area (Å²) in [4.78, 5) is 2.37. The molecule has 2 fully saturated rings. The van der Waals surface area contributed by atoms with Crippen molar-refractivity contribution < 1.29 is 19.3 Å². The molecule has 1 aromatic rings. The van der Waals surface area contributed by atoms with Crippen LogP contribution in [0.3, 0.4) is 0 Å². The van der Waals surface area contributed by atoms with Crippen LogP contribution in [-0.2, 0) is 11.3 Å². The number of aliphatic hydroxyl groups is 1. The fourth-order valence-electron chi connectivity index (χ4n) is 4.03. The molecule has 0 bridgehead atoms. The summed E-state index contributed by atoms with van der Waals surface area (Å²) in [6.45, 7) is 8.72. The molecule has 0 aromatic heterocycles. The first kappa shape index (κ1) is 22.3. The van der Waals surface area contributed by atoms with Gasteiger partial charge in [0.2, 0.25) is 0 Å². The quantitative estimate of drug-likeness (QED) is 0.623. The Morgan fingerprint density at radius 1 is 1.14 bits per heavy atom. The summed E-state index contributed by atoms with van der Waals surface area (Å²) in [5, 5.41) is 13.9. The summed E-state index contributed by atoms with van der Waals surface area (Å²) in [5.41, 5.74) is 1.41. The van der Waals surface area contributed by atoms with Gasteiger partial charge in [-0.05, 0) is 43.6 Å². The molecule has 29 heavy (non-hydrogen) atoms. The van der Waals surface area contributed by atoms with Crippen LogP contribution in [-0.4, -0.2) is 69.2 Å². The lowest BCUT2D eigenvalue weighted by atomic mass is 9.89. The van der Waals surface area contributed by atoms with Gasteiger partial charge in [0.1, 0.15) is 12.7 Å². The monoisotopic (exact) mass is 406 g/mol. The molecule has 2 N–H and O–H groups in total. The number of hydrogen-bond donors (Lipinski definition) is 2. The largest absolute Gasteiger partial charge is 0.493 e. The van der Waals surface area contributed by atoms with E-state index in [1.807, 2.05) is 12.1 Å². The highest BCUT2D eigenvalue weighted by Gasteiger charge is 2.32. The number of β-amino-alcohol motifs (C(OH)–C–C–N with tert-alkyl or cyclic N) is 1. The van der Waals surface area contributed by atoms with Gasteiger partial charge in [0.15, 0.2) is 11.5 Å². The molecule has 2 aliphatic heterocycles. The Bertz CT molecular complexity index is 613. The lowest BCUT2D eigenvalue weighted by molar-refractivity contribution is -0.0991. The van der Waals surface area contributed by atoms with Crippen molar-refractivity contribution in [2.24, 2.45) is 5.41 Å². The fourth-order valence-corrected chi connectivity index (χ4v) is 4.03. The summed E-state index contributed by atoms with van der Waals surface area (Å²) < 4.78 is 16.7. The van der Waals surface area contributed by atoms with Crippen molar-refractivity contribution in [3.63, 3.8) is 0 Å². The predicted octanol–water partition coefficient (Wildman–Crippen LogP) is 2.83. The lowest BCUT2D eigenvalue weighted by Gasteiger charge is -2.38. The Morgan fingerprint density at radius 2 is 1.86 bits per heavy atom. The topological polar surface area (TPSA) is 63.2 Å². The fraction of sp³-hybridized carbons (Fsp3) is 0.739. The summed E-state index contributed by atoms with van der Waals surface area (Å²) in [5.74, 6) is 1.39. The third-order valence-corrected chi connectivity index (χ3v) is 5.86. The maximum absolute atomic E-state index is 10.4. The van der Waals surface area contributed by atoms with Crippen molar-refractivity contribution in [1.29, 1.82) is 0 Å². The lowest BCUT2D eigenvalue weighted by Crippen LogP contribution is -2.47. The second-order valence-corrected chi connectivity index (χ2v) is 8.93. The maximum Gasteiger partial charge on any atom is 0.161 e. The van der Waals surface area contributed by atoms with Crippen LogP contribution in [0.2, 0.25) is 0 Å². The van der Waals surface area contributed by atoms with Gasteiger partial charge >= 0.3 is 0 Å². The first-order chi connectivity index (χ1) is 14.1. The van der Waals surface area contributed by atoms with E-state index < -0.39 is 6.10 Å². The number of benzene rings is 1. The molecule has 2 saturated heterocycles. The Morgan fingerprint density at radius 3 is 2.52 bits per heavy atom. The molecule has 164 valence electrons. The van der Waals surface area contributed by atoms with E-state index in [4.69, 9.17) is 14.2 Å². The summed E-state index contributed by atoms with van der Waals surface area (Å²) in [7, 11) is 1.66. The van der Waals surface area contributed by atoms with Gasteiger partial charge in [0.25, 0.3) is 0 Å². The first-order valence-electron chi connectivity index (χ1n) is 11.1. The minimum atomic E-state index is -0.495. The SMILES string of the molecule is COc1cc(CNCC2(C)COC2)ccc1OC[C@@H](O)CN1CCCCCCC1. The van der Waals surface area contributed by atoms with E-state index in [0.717, 1.165) is 45.0 Å². The van der Waals surface area contributed by atoms with Crippen molar-refractivity contribution in [1.82, 2.24) is 10.2 Å². The molecule has 0 radical (unpaired) electrons. The minimum absolute atomic E-state index is 0.260. The van der Waals surface area contributed by atoms with Crippen molar-refractivity contribution in [2.45, 2.75) is 51.7 Å². The van der Waals surface area contributed by atoms with E-state index in [0.29, 0.717) is 18.0 Å². The minimum Gasteiger partial charge on any atom is -0.493 e. The van der Waals surface area contributed by atoms with E-state index in [2.05, 4.69) is 23.2 Å². The Balaban J connectivity index is 1.44. The van der Waals surface area contributed by atoms with Gasteiger partial charge in [-0.25, -0.2) is 0 Å². The number of nitrogens with zero attached hydrogens (tertiary/aromatic N) is 1. The highest BCUT2D eigenvalue weighted by atomic mass is 16.5. The number of ether oxygens (including phenoxy) is 3. The number of hydrogen-bond acceptors (Lipinski definition) is 6. The second kappa shape index (κ2) is 11.2. The molecule has 2 aliphatic rings. The molecule has 6 heteroatoms. The zero-order valence-electron chi connectivity index (χ0n) is 18.1. The van der Waals surface area contributed by atoms with E-state index >= 15 is 0 Å². The smallest absolute Gasteiger partial charge is 0.161 e. The van der Waals surface area contributed by atoms with Gasteiger partial charge < -0.3 is 29.5 Å². The molecule has 0 saturated carbocycles. The summed E-state index contributed by atoms with van der Waals surface area (Å²) >= 11 is 0. The standard InChI is InChI=1S/C23H38N2O4/c1-23(17-28-18-23)16-24-13-19-8-9-21(22(12-19)27-2)29-15-20(26)14-25-10-6-4-3-5-7-11-25/h8-9,12,20,24,26H,3-7,10-11,13-18H2,1-2H3/t20-/m0/s1. The van der Waals surface area contributed by atoms with Crippen LogP contribution >= 0.6 is 0 Å². The Kier molecular flexibility index (Phi) is 8.60. The highest BCUT2D eigenvalue weighted by Crippen LogP contribution is 2.29. The van der Waals surface area contributed by atoms with Crippen LogP contribution in [0.1, 0.15) is 44.6 Å². The molecule has 0 unspecified atom stereocenters. The molecule has 1 aromatic carbocycles. The highest BCUT2D eigenvalue weighted by molar-refractivity contribution is 5.43. The van der Waals surface area contributed by atoms with E-state index in [1.165, 1.54) is 32.1 Å². The molecule has 0 amide bonds. The van der Waals surface area contributed by atoms with Gasteiger partial charge in [-0.3, -0.25) is 0 Å². The van der Waals surface area contributed by atoms with E-state index in [1.54, 1.807) is 7.11 Å². The van der Waals surface area contributed by atoms with Crippen molar-refractivity contribution in [3.05, 3.63) is 23.8 Å². The van der Waals surface area contributed by atoms with Crippen LogP contribution in [0.15, 0.2) is 18.2 Å². The average Bonchev–Trinajstić information content (AvgIpc) is 2.67. The van der Waals surface area contributed by atoms with Gasteiger partial charge in [-0.15, -0.1) is 0 Å². The predicted molar refractivity (Wildman–Crippen MR) is 115 cm³/mol. The average molecular weight is 407 g/mol. The van der Waals surface area contributed by atoms with Gasteiger partial charge in [0.05, 0.1) is 20.3 Å². The molecular formula is C23H38N2O4. The van der Waals surface area contributed by atoms with E-state index in [-0.39, 0.29) is 12.0 Å². The van der Waals surface area contributed by atoms with Crippen LogP contribution < -0.4 is 14.8 Å². The Hall–Kier alpha value is -1.34. The molecule has 0 aliphatic carbocycles. The Labute approximate surface area is 175 Å². The molecule has 1 atom stereocenters. The number of methoxy groups -OCH3 is 1.